The number of aryl methyl sites for hydroxylation is 2. The molecule has 0 amide bonds. The first-order valence-electron chi connectivity index (χ1n) is 14.4. The molecule has 3 aromatic carbocycles. The molecule has 1 N–H and O–H groups in total. The van der Waals surface area contributed by atoms with Crippen LogP contribution in [0.2, 0.25) is 0 Å². The van der Waals surface area contributed by atoms with Crippen LogP contribution >= 0.6 is 6.04 Å². The van der Waals surface area contributed by atoms with Crippen LogP contribution in [0.4, 0.5) is 5.69 Å². The van der Waals surface area contributed by atoms with Gasteiger partial charge >= 0.3 is 0 Å². The van der Waals surface area contributed by atoms with E-state index >= 15 is 0 Å². The van der Waals surface area contributed by atoms with Crippen molar-refractivity contribution in [3.05, 3.63) is 114 Å². The quantitative estimate of drug-likeness (QED) is 0.167. The molecule has 0 aliphatic carbocycles. The van der Waals surface area contributed by atoms with E-state index in [-0.39, 0.29) is 17.0 Å². The van der Waals surface area contributed by atoms with Crippen molar-refractivity contribution in [1.82, 2.24) is 0 Å². The Hall–Kier alpha value is -3.01. The van der Waals surface area contributed by atoms with Crippen molar-refractivity contribution < 1.29 is 13.9 Å². The number of nitrogens with one attached hydrogen (secondary N) is 1. The largest absolute Gasteiger partial charge is 0.488 e. The predicted molar refractivity (Wildman–Crippen MR) is 177 cm³/mol. The highest BCUT2D eigenvalue weighted by atomic mass is 32.4. The summed E-state index contributed by atoms with van der Waals surface area (Å²) in [7, 11) is 0. The number of benzene rings is 3. The van der Waals surface area contributed by atoms with Gasteiger partial charge in [0.15, 0.2) is 0 Å². The Morgan fingerprint density at radius 2 is 1.17 bits per heavy atom. The maximum absolute atomic E-state index is 6.70. The molecule has 41 heavy (non-hydrogen) atoms. The summed E-state index contributed by atoms with van der Waals surface area (Å²) in [6.07, 6.45) is 5.38. The molecule has 0 saturated carbocycles. The minimum atomic E-state index is -2.04. The van der Waals surface area contributed by atoms with Crippen molar-refractivity contribution in [3.8, 4) is 11.5 Å². The van der Waals surface area contributed by atoms with Gasteiger partial charge in [0.1, 0.15) is 34.2 Å². The monoisotopic (exact) mass is 589 g/mol. The molecular formula is C35H44NO3PS. The first-order chi connectivity index (χ1) is 19.4. The highest BCUT2D eigenvalue weighted by Crippen LogP contribution is 2.60. The van der Waals surface area contributed by atoms with Crippen LogP contribution in [0, 0.1) is 0 Å². The summed E-state index contributed by atoms with van der Waals surface area (Å²) in [5.74, 6) is 2.61. The maximum Gasteiger partial charge on any atom is 0.131 e. The van der Waals surface area contributed by atoms with E-state index in [2.05, 4.69) is 114 Å². The van der Waals surface area contributed by atoms with Gasteiger partial charge in [0.2, 0.25) is 0 Å². The van der Waals surface area contributed by atoms with Crippen LogP contribution in [0.25, 0.3) is 0 Å². The molecule has 4 aromatic rings. The van der Waals surface area contributed by atoms with Crippen LogP contribution in [0.3, 0.4) is 0 Å². The molecule has 0 saturated heterocycles. The van der Waals surface area contributed by atoms with Crippen molar-refractivity contribution in [2.24, 2.45) is 0 Å². The van der Waals surface area contributed by atoms with E-state index in [0.29, 0.717) is 0 Å². The second-order valence-corrected chi connectivity index (χ2v) is 18.0. The molecule has 0 fully saturated rings. The third kappa shape index (κ3) is 9.80. The van der Waals surface area contributed by atoms with Gasteiger partial charge in [0.25, 0.3) is 0 Å². The second-order valence-electron chi connectivity index (χ2n) is 12.5. The van der Waals surface area contributed by atoms with Gasteiger partial charge in [0.05, 0.1) is 6.26 Å². The topological polar surface area (TPSA) is 43.6 Å². The van der Waals surface area contributed by atoms with Gasteiger partial charge in [-0.25, -0.2) is 0 Å². The van der Waals surface area contributed by atoms with Crippen LogP contribution in [-0.4, -0.2) is 23.5 Å². The molecule has 1 unspecified atom stereocenters. The number of para-hydroxylation sites is 1. The normalized spacial score (nSPS) is 13.0. The smallest absolute Gasteiger partial charge is 0.131 e. The lowest BCUT2D eigenvalue weighted by Crippen LogP contribution is -2.22. The van der Waals surface area contributed by atoms with E-state index in [1.165, 1.54) is 11.1 Å². The molecule has 0 aliphatic heterocycles. The summed E-state index contributed by atoms with van der Waals surface area (Å²) in [5, 5.41) is 3.78. The minimum Gasteiger partial charge on any atom is -0.488 e. The highest BCUT2D eigenvalue weighted by Gasteiger charge is 2.32. The maximum atomic E-state index is 6.70. The van der Waals surface area contributed by atoms with Gasteiger partial charge in [-0.05, 0) is 132 Å². The Kier molecular flexibility index (Phi) is 10.0. The lowest BCUT2D eigenvalue weighted by Gasteiger charge is -2.32. The van der Waals surface area contributed by atoms with Crippen LogP contribution in [0.15, 0.2) is 102 Å². The van der Waals surface area contributed by atoms with Crippen molar-refractivity contribution in [2.45, 2.75) is 71.4 Å². The van der Waals surface area contributed by atoms with Crippen LogP contribution in [0.5, 0.6) is 11.5 Å². The Morgan fingerprint density at radius 1 is 0.683 bits per heavy atom. The molecule has 4 rings (SSSR count). The summed E-state index contributed by atoms with van der Waals surface area (Å²) in [6.45, 7) is 12.4. The van der Waals surface area contributed by atoms with Crippen molar-refractivity contribution >= 4 is 23.5 Å². The molecule has 6 heteroatoms. The fraction of sp³-hybridized carbons (Fsp3) is 0.371. The SMILES string of the molecule is CC(C)(C)Oc1ccc(CCP(=S)(CCc2ccc(OC(C)(C)C)cc2)C(Nc2ccccc2)c2ccco2)cc1. The summed E-state index contributed by atoms with van der Waals surface area (Å²) < 4.78 is 18.1. The van der Waals surface area contributed by atoms with Crippen molar-refractivity contribution in [2.75, 3.05) is 17.6 Å². The summed E-state index contributed by atoms with van der Waals surface area (Å²) in [5.41, 5.74) is 3.14. The van der Waals surface area contributed by atoms with E-state index in [4.69, 9.17) is 25.7 Å². The van der Waals surface area contributed by atoms with Gasteiger partial charge < -0.3 is 19.2 Å². The molecule has 1 heterocycles. The van der Waals surface area contributed by atoms with Crippen LogP contribution < -0.4 is 14.8 Å². The second kappa shape index (κ2) is 13.3. The molecule has 0 bridgehead atoms. The summed E-state index contributed by atoms with van der Waals surface area (Å²) >= 11 is 6.70. The van der Waals surface area contributed by atoms with Crippen LogP contribution in [-0.2, 0) is 24.6 Å². The number of rotatable bonds is 12. The van der Waals surface area contributed by atoms with Gasteiger partial charge in [-0.2, -0.15) is 0 Å². The zero-order valence-electron chi connectivity index (χ0n) is 25.2. The number of furan rings is 1. The Labute approximate surface area is 251 Å². The molecular weight excluding hydrogens is 545 g/mol. The number of ether oxygens (including phenoxy) is 2. The zero-order valence-corrected chi connectivity index (χ0v) is 26.9. The molecule has 1 atom stereocenters. The number of hydrogen-bond donors (Lipinski definition) is 1. The highest BCUT2D eigenvalue weighted by molar-refractivity contribution is 8.14. The number of anilines is 1. The van der Waals surface area contributed by atoms with Crippen molar-refractivity contribution in [3.63, 3.8) is 0 Å². The molecule has 218 valence electrons. The average Bonchev–Trinajstić information content (AvgIpc) is 3.44. The molecule has 0 aliphatic rings. The van der Waals surface area contributed by atoms with E-state index in [1.54, 1.807) is 6.26 Å². The van der Waals surface area contributed by atoms with E-state index < -0.39 is 6.04 Å². The predicted octanol–water partition coefficient (Wildman–Crippen LogP) is 9.71. The first-order valence-corrected chi connectivity index (χ1v) is 17.6. The van der Waals surface area contributed by atoms with Crippen molar-refractivity contribution in [1.29, 1.82) is 0 Å². The number of hydrogen-bond acceptors (Lipinski definition) is 5. The van der Waals surface area contributed by atoms with Gasteiger partial charge in [-0.3, -0.25) is 0 Å². The van der Waals surface area contributed by atoms with Gasteiger partial charge in [-0.15, -0.1) is 0 Å². The standard InChI is InChI=1S/C35H44NO3PS/c1-34(2,3)38-30-18-14-27(15-19-30)22-25-40(41,26-23-28-16-20-31(21-17-28)39-35(4,5)6)33(32-13-10-24-37-32)36-29-11-8-7-9-12-29/h7-21,24,33,36H,22-23,25-26H2,1-6H3. The molecule has 0 radical (unpaired) electrons. The Morgan fingerprint density at radius 3 is 1.59 bits per heavy atom. The van der Waals surface area contributed by atoms with E-state index in [1.807, 2.05) is 24.3 Å². The summed E-state index contributed by atoms with van der Waals surface area (Å²) in [4.78, 5) is 0. The lowest BCUT2D eigenvalue weighted by atomic mass is 10.1. The fourth-order valence-electron chi connectivity index (χ4n) is 4.72. The molecule has 0 spiro atoms. The fourth-order valence-corrected chi connectivity index (χ4v) is 8.75. The summed E-state index contributed by atoms with van der Waals surface area (Å²) in [6, 6.07) is 29.2. The third-order valence-electron chi connectivity index (χ3n) is 6.61. The molecule has 4 nitrogen and oxygen atoms in total. The Balaban J connectivity index is 1.57. The van der Waals surface area contributed by atoms with Gasteiger partial charge in [0, 0.05) is 5.69 Å². The third-order valence-corrected chi connectivity index (χ3v) is 11.6. The average molecular weight is 590 g/mol. The zero-order chi connectivity index (χ0) is 29.5. The van der Waals surface area contributed by atoms with E-state index in [9.17, 15) is 0 Å². The first kappa shape index (κ1) is 30.9. The van der Waals surface area contributed by atoms with E-state index in [0.717, 1.165) is 48.1 Å². The lowest BCUT2D eigenvalue weighted by molar-refractivity contribution is 0.130. The van der Waals surface area contributed by atoms with Crippen LogP contribution in [0.1, 0.15) is 64.2 Å². The molecule has 1 aromatic heterocycles. The van der Waals surface area contributed by atoms with Gasteiger partial charge in [-0.1, -0.05) is 54.3 Å². The minimum absolute atomic E-state index is 0.0677. The Bertz CT molecular complexity index is 1320.